The van der Waals surface area contributed by atoms with Crippen LogP contribution in [0.2, 0.25) is 0 Å². The van der Waals surface area contributed by atoms with Gasteiger partial charge in [-0.1, -0.05) is 6.92 Å². The molecule has 1 aliphatic rings. The lowest BCUT2D eigenvalue weighted by molar-refractivity contribution is 0.430. The fourth-order valence-electron chi connectivity index (χ4n) is 2.22. The first kappa shape index (κ1) is 11.6. The highest BCUT2D eigenvalue weighted by atomic mass is 15.3. The van der Waals surface area contributed by atoms with Crippen LogP contribution in [0.5, 0.6) is 0 Å². The van der Waals surface area contributed by atoms with Gasteiger partial charge in [0, 0.05) is 17.8 Å². The van der Waals surface area contributed by atoms with Gasteiger partial charge in [-0.15, -0.1) is 0 Å². The molecular weight excluding hydrogens is 198 g/mol. The third kappa shape index (κ3) is 2.46. The van der Waals surface area contributed by atoms with Crippen LogP contribution < -0.4 is 5.32 Å². The topological polar surface area (TPSA) is 29.9 Å². The second-order valence-electron chi connectivity index (χ2n) is 4.95. The Labute approximate surface area is 98.2 Å². The van der Waals surface area contributed by atoms with E-state index >= 15 is 0 Å². The van der Waals surface area contributed by atoms with Crippen LogP contribution in [0.3, 0.4) is 0 Å². The molecule has 1 saturated carbocycles. The van der Waals surface area contributed by atoms with Gasteiger partial charge in [-0.3, -0.25) is 4.68 Å². The summed E-state index contributed by atoms with van der Waals surface area (Å²) in [6, 6.07) is 0.583. The average molecular weight is 221 g/mol. The van der Waals surface area contributed by atoms with Crippen molar-refractivity contribution in [1.82, 2.24) is 15.1 Å². The van der Waals surface area contributed by atoms with Gasteiger partial charge in [0.15, 0.2) is 0 Å². The Morgan fingerprint density at radius 3 is 2.94 bits per heavy atom. The summed E-state index contributed by atoms with van der Waals surface area (Å²) in [6.07, 6.45) is 5.97. The zero-order valence-electron chi connectivity index (χ0n) is 10.7. The van der Waals surface area contributed by atoms with Crippen molar-refractivity contribution in [1.29, 1.82) is 0 Å². The Balaban J connectivity index is 1.99. The summed E-state index contributed by atoms with van der Waals surface area (Å²) in [4.78, 5) is 0. The summed E-state index contributed by atoms with van der Waals surface area (Å²) in [5.74, 6) is 0.870. The molecule has 1 unspecified atom stereocenters. The largest absolute Gasteiger partial charge is 0.313 e. The fourth-order valence-corrected chi connectivity index (χ4v) is 2.22. The molecular formula is C13H23N3. The highest BCUT2D eigenvalue weighted by molar-refractivity contribution is 5.16. The van der Waals surface area contributed by atoms with Crippen molar-refractivity contribution in [2.75, 3.05) is 6.54 Å². The zero-order chi connectivity index (χ0) is 11.5. The number of hydrogen-bond donors (Lipinski definition) is 1. The molecule has 1 fully saturated rings. The Hall–Kier alpha value is -0.830. The lowest BCUT2D eigenvalue weighted by atomic mass is 10.2. The van der Waals surface area contributed by atoms with Gasteiger partial charge in [-0.2, -0.15) is 5.10 Å². The first-order chi connectivity index (χ1) is 7.74. The van der Waals surface area contributed by atoms with Crippen LogP contribution in [0, 0.1) is 12.8 Å². The third-order valence-corrected chi connectivity index (χ3v) is 3.58. The van der Waals surface area contributed by atoms with Gasteiger partial charge in [0.05, 0.1) is 12.2 Å². The van der Waals surface area contributed by atoms with E-state index in [1.54, 1.807) is 0 Å². The van der Waals surface area contributed by atoms with Gasteiger partial charge in [-0.05, 0) is 45.6 Å². The number of hydrogen-bond acceptors (Lipinski definition) is 2. The van der Waals surface area contributed by atoms with Gasteiger partial charge in [0.1, 0.15) is 0 Å². The molecule has 3 nitrogen and oxygen atoms in total. The fraction of sp³-hybridized carbons (Fsp3) is 0.769. The molecule has 90 valence electrons. The summed E-state index contributed by atoms with van der Waals surface area (Å²) in [5, 5.41) is 7.97. The molecule has 1 heterocycles. The molecule has 1 N–H and O–H groups in total. The molecule has 2 rings (SSSR count). The molecule has 0 bridgehead atoms. The summed E-state index contributed by atoms with van der Waals surface area (Å²) in [6.45, 7) is 8.72. The molecule has 1 aliphatic carbocycles. The molecule has 16 heavy (non-hydrogen) atoms. The van der Waals surface area contributed by atoms with Gasteiger partial charge in [0.2, 0.25) is 0 Å². The second kappa shape index (κ2) is 5.00. The van der Waals surface area contributed by atoms with Crippen LogP contribution in [0.15, 0.2) is 6.20 Å². The molecule has 1 aromatic rings. The number of rotatable bonds is 6. The average Bonchev–Trinajstić information content (AvgIpc) is 3.05. The van der Waals surface area contributed by atoms with E-state index in [9.17, 15) is 0 Å². The Morgan fingerprint density at radius 2 is 2.31 bits per heavy atom. The minimum absolute atomic E-state index is 0.583. The first-order valence-corrected chi connectivity index (χ1v) is 6.47. The van der Waals surface area contributed by atoms with Crippen molar-refractivity contribution in [3.63, 3.8) is 0 Å². The lowest BCUT2D eigenvalue weighted by Crippen LogP contribution is -2.15. The van der Waals surface area contributed by atoms with Gasteiger partial charge >= 0.3 is 0 Å². The maximum Gasteiger partial charge on any atom is 0.0537 e. The van der Waals surface area contributed by atoms with Crippen molar-refractivity contribution in [2.45, 2.75) is 52.6 Å². The summed E-state index contributed by atoms with van der Waals surface area (Å²) >= 11 is 0. The maximum atomic E-state index is 4.53. The SMILES string of the molecule is CCCNCc1cnn(C(C)C2CC2)c1C. The predicted octanol–water partition coefficient (Wildman–Crippen LogP) is 2.66. The van der Waals surface area contributed by atoms with Crippen LogP contribution in [-0.4, -0.2) is 16.3 Å². The summed E-state index contributed by atoms with van der Waals surface area (Å²) in [5.41, 5.74) is 2.68. The Morgan fingerprint density at radius 1 is 1.56 bits per heavy atom. The molecule has 3 heteroatoms. The van der Waals surface area contributed by atoms with E-state index in [0.717, 1.165) is 19.0 Å². The normalized spacial score (nSPS) is 17.7. The molecule has 0 radical (unpaired) electrons. The molecule has 0 aliphatic heterocycles. The third-order valence-electron chi connectivity index (χ3n) is 3.58. The molecule has 0 aromatic carbocycles. The van der Waals surface area contributed by atoms with Gasteiger partial charge in [-0.25, -0.2) is 0 Å². The van der Waals surface area contributed by atoms with E-state index in [4.69, 9.17) is 0 Å². The Bertz CT molecular complexity index is 339. The number of nitrogens with zero attached hydrogens (tertiary/aromatic N) is 2. The van der Waals surface area contributed by atoms with Crippen molar-refractivity contribution in [3.8, 4) is 0 Å². The summed E-state index contributed by atoms with van der Waals surface area (Å²) in [7, 11) is 0. The van der Waals surface area contributed by atoms with Gasteiger partial charge < -0.3 is 5.32 Å². The molecule has 0 amide bonds. The number of nitrogens with one attached hydrogen (secondary N) is 1. The molecule has 0 spiro atoms. The smallest absolute Gasteiger partial charge is 0.0537 e. The van der Waals surface area contributed by atoms with Crippen molar-refractivity contribution in [3.05, 3.63) is 17.5 Å². The Kier molecular flexibility index (Phi) is 3.64. The quantitative estimate of drug-likeness (QED) is 0.748. The van der Waals surface area contributed by atoms with Crippen LogP contribution >= 0.6 is 0 Å². The highest BCUT2D eigenvalue weighted by Gasteiger charge is 2.30. The molecule has 1 aromatic heterocycles. The number of aromatic nitrogens is 2. The minimum atomic E-state index is 0.583. The highest BCUT2D eigenvalue weighted by Crippen LogP contribution is 2.39. The van der Waals surface area contributed by atoms with E-state index in [1.165, 1.54) is 30.5 Å². The van der Waals surface area contributed by atoms with Crippen molar-refractivity contribution >= 4 is 0 Å². The van der Waals surface area contributed by atoms with E-state index in [0.29, 0.717) is 6.04 Å². The van der Waals surface area contributed by atoms with Crippen molar-refractivity contribution in [2.24, 2.45) is 5.92 Å². The lowest BCUT2D eigenvalue weighted by Gasteiger charge is -2.13. The zero-order valence-corrected chi connectivity index (χ0v) is 10.7. The van der Waals surface area contributed by atoms with E-state index in [1.807, 2.05) is 6.20 Å². The van der Waals surface area contributed by atoms with Crippen LogP contribution in [0.1, 0.15) is 50.4 Å². The summed E-state index contributed by atoms with van der Waals surface area (Å²) < 4.78 is 2.21. The van der Waals surface area contributed by atoms with Crippen molar-refractivity contribution < 1.29 is 0 Å². The standard InChI is InChI=1S/C13H23N3/c1-4-7-14-8-13-9-15-16(11(13)3)10(2)12-5-6-12/h9-10,12,14H,4-8H2,1-3H3. The van der Waals surface area contributed by atoms with E-state index < -0.39 is 0 Å². The minimum Gasteiger partial charge on any atom is -0.313 e. The first-order valence-electron chi connectivity index (χ1n) is 6.47. The molecule has 0 saturated heterocycles. The van der Waals surface area contributed by atoms with Gasteiger partial charge in [0.25, 0.3) is 0 Å². The van der Waals surface area contributed by atoms with Crippen LogP contribution in [0.25, 0.3) is 0 Å². The van der Waals surface area contributed by atoms with Crippen LogP contribution in [-0.2, 0) is 6.54 Å². The maximum absolute atomic E-state index is 4.53. The predicted molar refractivity (Wildman–Crippen MR) is 66.4 cm³/mol. The van der Waals surface area contributed by atoms with E-state index in [2.05, 4.69) is 35.9 Å². The monoisotopic (exact) mass is 221 g/mol. The van der Waals surface area contributed by atoms with Crippen LogP contribution in [0.4, 0.5) is 0 Å². The van der Waals surface area contributed by atoms with E-state index in [-0.39, 0.29) is 0 Å². The molecule has 1 atom stereocenters. The second-order valence-corrected chi connectivity index (χ2v) is 4.95.